The molecule has 1 aromatic heterocycles. The van der Waals surface area contributed by atoms with Crippen LogP contribution in [0.25, 0.3) is 17.0 Å². The normalized spacial score (nSPS) is 15.2. The van der Waals surface area contributed by atoms with Gasteiger partial charge in [0.25, 0.3) is 0 Å². The second-order valence-corrected chi connectivity index (χ2v) is 11.9. The first-order valence-corrected chi connectivity index (χ1v) is 14.1. The van der Waals surface area contributed by atoms with Crippen molar-refractivity contribution in [3.05, 3.63) is 75.9 Å². The summed E-state index contributed by atoms with van der Waals surface area (Å²) in [6.07, 6.45) is 4.92. The van der Waals surface area contributed by atoms with Crippen LogP contribution in [0, 0.1) is 11.6 Å². The molecule has 0 aliphatic carbocycles. The molecule has 0 saturated carbocycles. The number of piperidine rings is 1. The van der Waals surface area contributed by atoms with Gasteiger partial charge in [-0.1, -0.05) is 6.07 Å². The van der Waals surface area contributed by atoms with Crippen molar-refractivity contribution in [2.24, 2.45) is 0 Å². The number of likely N-dealkylation sites (tertiary alicyclic amines) is 1. The Morgan fingerprint density at radius 3 is 2.54 bits per heavy atom. The minimum absolute atomic E-state index is 0.179. The minimum Gasteiger partial charge on any atom is -0.444 e. The summed E-state index contributed by atoms with van der Waals surface area (Å²) in [5.41, 5.74) is 0.317. The zero-order chi connectivity index (χ0) is 29.8. The lowest BCUT2D eigenvalue weighted by atomic mass is 9.86. The highest BCUT2D eigenvalue weighted by Gasteiger charge is 2.43. The predicted octanol–water partition coefficient (Wildman–Crippen LogP) is 5.47. The molecule has 3 N–H and O–H groups in total. The number of H-pyrrole nitrogens is 1. The average Bonchev–Trinajstić information content (AvgIpc) is 3.30. The number of hydrogen-bond acceptors (Lipinski definition) is 4. The molecule has 0 atom stereocenters. The van der Waals surface area contributed by atoms with Gasteiger partial charge in [0.15, 0.2) is 0 Å². The van der Waals surface area contributed by atoms with Gasteiger partial charge in [0.1, 0.15) is 22.8 Å². The summed E-state index contributed by atoms with van der Waals surface area (Å²) in [7, 11) is 0. The van der Waals surface area contributed by atoms with E-state index in [9.17, 15) is 23.2 Å². The number of benzene rings is 2. The molecule has 0 radical (unpaired) electrons. The van der Waals surface area contributed by atoms with E-state index in [2.05, 4.69) is 31.5 Å². The van der Waals surface area contributed by atoms with Crippen LogP contribution in [0.5, 0.6) is 0 Å². The van der Waals surface area contributed by atoms with Crippen LogP contribution in [0.2, 0.25) is 0 Å². The van der Waals surface area contributed by atoms with Crippen molar-refractivity contribution in [3.8, 4) is 0 Å². The zero-order valence-electron chi connectivity index (χ0n) is 23.2. The third kappa shape index (κ3) is 7.72. The Bertz CT molecular complexity index is 1470. The number of aromatic nitrogens is 1. The van der Waals surface area contributed by atoms with Gasteiger partial charge >= 0.3 is 6.09 Å². The number of ether oxygens (including phenoxy) is 1. The summed E-state index contributed by atoms with van der Waals surface area (Å²) in [6, 6.07) is 8.84. The molecule has 0 unspecified atom stereocenters. The Hall–Kier alpha value is -3.73. The summed E-state index contributed by atoms with van der Waals surface area (Å²) >= 11 is 3.13. The van der Waals surface area contributed by atoms with Crippen LogP contribution in [0.3, 0.4) is 0 Å². The Kier molecular flexibility index (Phi) is 9.16. The van der Waals surface area contributed by atoms with Crippen molar-refractivity contribution in [3.63, 3.8) is 0 Å². The molecule has 4 rings (SSSR count). The molecule has 1 aliphatic rings. The fourth-order valence-electron chi connectivity index (χ4n) is 4.71. The van der Waals surface area contributed by atoms with Crippen LogP contribution < -0.4 is 10.6 Å². The van der Waals surface area contributed by atoms with E-state index in [1.165, 1.54) is 47.4 Å². The maximum atomic E-state index is 13.8. The summed E-state index contributed by atoms with van der Waals surface area (Å²) < 4.78 is 33.1. The van der Waals surface area contributed by atoms with Crippen LogP contribution in [-0.4, -0.2) is 58.6 Å². The quantitative estimate of drug-likeness (QED) is 0.301. The van der Waals surface area contributed by atoms with Crippen LogP contribution in [-0.2, 0) is 20.7 Å². The van der Waals surface area contributed by atoms with Gasteiger partial charge in [-0.25, -0.2) is 13.6 Å². The number of nitrogens with one attached hydrogen (secondary N) is 3. The number of nitrogens with zero attached hydrogens (tertiary/aromatic N) is 1. The summed E-state index contributed by atoms with van der Waals surface area (Å²) in [4.78, 5) is 43.8. The highest BCUT2D eigenvalue weighted by atomic mass is 79.9. The van der Waals surface area contributed by atoms with E-state index < -0.39 is 29.0 Å². The van der Waals surface area contributed by atoms with E-state index in [4.69, 9.17) is 4.74 Å². The lowest BCUT2D eigenvalue weighted by Gasteiger charge is -2.41. The molecule has 1 fully saturated rings. The second-order valence-electron chi connectivity index (χ2n) is 11.1. The van der Waals surface area contributed by atoms with Crippen LogP contribution in [0.1, 0.15) is 44.7 Å². The number of hydrogen-bond donors (Lipinski definition) is 3. The molecule has 2 heterocycles. The first-order chi connectivity index (χ1) is 19.3. The lowest BCUT2D eigenvalue weighted by Crippen LogP contribution is -2.63. The Morgan fingerprint density at radius 2 is 1.85 bits per heavy atom. The largest absolute Gasteiger partial charge is 0.444 e. The first kappa shape index (κ1) is 30.2. The summed E-state index contributed by atoms with van der Waals surface area (Å²) in [5.74, 6) is -1.64. The van der Waals surface area contributed by atoms with E-state index in [1.54, 1.807) is 33.0 Å². The first-order valence-electron chi connectivity index (χ1n) is 13.3. The van der Waals surface area contributed by atoms with Crippen molar-refractivity contribution in [1.82, 2.24) is 20.5 Å². The molecule has 0 bridgehead atoms. The Morgan fingerprint density at radius 1 is 1.12 bits per heavy atom. The smallest absolute Gasteiger partial charge is 0.410 e. The fourth-order valence-corrected chi connectivity index (χ4v) is 5.11. The molecule has 3 amide bonds. The molecule has 2 aromatic carbocycles. The SMILES string of the molecule is CC(C)(C)OC(=O)N1CCC(NC(=O)C=Cc2ccc(F)c(Br)c2)(C(=O)NCCc2c[nH]c3ccc(F)cc23)CC1. The van der Waals surface area contributed by atoms with Gasteiger partial charge in [-0.2, -0.15) is 0 Å². The minimum atomic E-state index is -1.27. The monoisotopic (exact) mass is 630 g/mol. The van der Waals surface area contributed by atoms with Crippen molar-refractivity contribution in [1.29, 1.82) is 0 Å². The molecule has 1 saturated heterocycles. The number of fused-ring (bicyclic) bond motifs is 1. The molecular weight excluding hydrogens is 598 g/mol. The van der Waals surface area contributed by atoms with E-state index in [0.717, 1.165) is 16.5 Å². The summed E-state index contributed by atoms with van der Waals surface area (Å²) in [5, 5.41) is 6.52. The topological polar surface area (TPSA) is 104 Å². The van der Waals surface area contributed by atoms with Crippen molar-refractivity contribution < 1.29 is 27.9 Å². The third-order valence-corrected chi connectivity index (χ3v) is 7.45. The number of halogens is 3. The molecule has 3 aromatic rings. The van der Waals surface area contributed by atoms with Crippen molar-refractivity contribution in [2.75, 3.05) is 19.6 Å². The number of carbonyl (C=O) groups excluding carboxylic acids is 3. The lowest BCUT2D eigenvalue weighted by molar-refractivity contribution is -0.134. The van der Waals surface area contributed by atoms with Crippen LogP contribution >= 0.6 is 15.9 Å². The number of aromatic amines is 1. The Balaban J connectivity index is 1.46. The van der Waals surface area contributed by atoms with E-state index >= 15 is 0 Å². The van der Waals surface area contributed by atoms with Gasteiger partial charge in [0.05, 0.1) is 4.47 Å². The fraction of sp³-hybridized carbons (Fsp3) is 0.367. The summed E-state index contributed by atoms with van der Waals surface area (Å²) in [6.45, 7) is 6.01. The van der Waals surface area contributed by atoms with Crippen molar-refractivity contribution >= 4 is 50.8 Å². The maximum Gasteiger partial charge on any atom is 0.410 e. The van der Waals surface area contributed by atoms with E-state index in [1.807, 2.05) is 0 Å². The molecule has 8 nitrogen and oxygen atoms in total. The predicted molar refractivity (Wildman–Crippen MR) is 156 cm³/mol. The van der Waals surface area contributed by atoms with Gasteiger partial charge < -0.3 is 25.3 Å². The van der Waals surface area contributed by atoms with Crippen LogP contribution in [0.15, 0.2) is 53.1 Å². The zero-order valence-corrected chi connectivity index (χ0v) is 24.7. The molecule has 41 heavy (non-hydrogen) atoms. The van der Waals surface area contributed by atoms with Gasteiger partial charge in [0.2, 0.25) is 11.8 Å². The Labute approximate surface area is 245 Å². The number of rotatable bonds is 7. The van der Waals surface area contributed by atoms with Gasteiger partial charge in [-0.3, -0.25) is 9.59 Å². The molecular formula is C30H33BrF2N4O4. The maximum absolute atomic E-state index is 13.8. The number of amides is 3. The molecule has 218 valence electrons. The molecule has 1 aliphatic heterocycles. The van der Waals surface area contributed by atoms with Gasteiger partial charge in [-0.05, 0) is 103 Å². The molecule has 11 heteroatoms. The van der Waals surface area contributed by atoms with Crippen molar-refractivity contribution in [2.45, 2.75) is 51.2 Å². The number of carbonyl (C=O) groups is 3. The van der Waals surface area contributed by atoms with Gasteiger partial charge in [0, 0.05) is 42.8 Å². The molecule has 0 spiro atoms. The van der Waals surface area contributed by atoms with Crippen LogP contribution in [0.4, 0.5) is 13.6 Å². The standard InChI is InChI=1S/C30H33BrF2N4O4/c1-29(2,3)41-28(40)37-14-11-30(12-15-37,36-26(38)9-5-19-4-7-24(33)23(31)16-19)27(39)34-13-10-20-18-35-25-8-6-21(32)17-22(20)25/h4-9,16-18,35H,10-15H2,1-3H3,(H,34,39)(H,36,38). The van der Waals surface area contributed by atoms with Gasteiger partial charge in [-0.15, -0.1) is 0 Å². The average molecular weight is 632 g/mol. The third-order valence-electron chi connectivity index (χ3n) is 6.85. The second kappa shape index (κ2) is 12.4. The highest BCUT2D eigenvalue weighted by Crippen LogP contribution is 2.25. The van der Waals surface area contributed by atoms with E-state index in [0.29, 0.717) is 12.0 Å². The van der Waals surface area contributed by atoms with E-state index in [-0.39, 0.29) is 48.7 Å². The highest BCUT2D eigenvalue weighted by molar-refractivity contribution is 9.10.